The Kier molecular flexibility index (Phi) is 6.20. The van der Waals surface area contributed by atoms with Crippen LogP contribution in [0.5, 0.6) is 0 Å². The summed E-state index contributed by atoms with van der Waals surface area (Å²) in [7, 11) is 0. The number of hydrogen-bond donors (Lipinski definition) is 1. The standard InChI is InChI=1S/C19H17NO.NO3/c21-19(17-9-5-2-6-10-17,18-11-13-20-14-12-18)15-16-7-3-1-4-8-16;2-1(3)4/h1-14,21H,15H2;/q;-1/p+1/t19-;/m0./s1. The molecule has 6 heteroatoms. The Balaban J connectivity index is 0.000000511. The van der Waals surface area contributed by atoms with E-state index < -0.39 is 10.7 Å². The van der Waals surface area contributed by atoms with Crippen molar-refractivity contribution in [2.75, 3.05) is 0 Å². The molecule has 2 aromatic carbocycles. The minimum atomic E-state index is -1.75. The summed E-state index contributed by atoms with van der Waals surface area (Å²) in [4.78, 5) is 11.3. The van der Waals surface area contributed by atoms with Crippen molar-refractivity contribution in [3.05, 3.63) is 117 Å². The van der Waals surface area contributed by atoms with Gasteiger partial charge in [0, 0.05) is 24.1 Å². The van der Waals surface area contributed by atoms with E-state index in [0.717, 1.165) is 16.7 Å². The van der Waals surface area contributed by atoms with E-state index in [-0.39, 0.29) is 0 Å². The summed E-state index contributed by atoms with van der Waals surface area (Å²) in [6.07, 6.45) is 4.23. The summed E-state index contributed by atoms with van der Waals surface area (Å²) in [5.41, 5.74) is 1.87. The molecule has 6 nitrogen and oxygen atoms in total. The average Bonchev–Trinajstić information content (AvgIpc) is 2.63. The molecule has 3 aromatic rings. The van der Waals surface area contributed by atoms with Gasteiger partial charge in [0.15, 0.2) is 12.4 Å². The van der Waals surface area contributed by atoms with Crippen LogP contribution < -0.4 is 4.98 Å². The largest absolute Gasteiger partial charge is 0.380 e. The fourth-order valence-electron chi connectivity index (χ4n) is 2.64. The first-order chi connectivity index (χ1) is 12.0. The first kappa shape index (κ1) is 18.1. The van der Waals surface area contributed by atoms with E-state index in [9.17, 15) is 5.11 Å². The van der Waals surface area contributed by atoms with E-state index in [4.69, 9.17) is 15.3 Å². The van der Waals surface area contributed by atoms with Crippen LogP contribution >= 0.6 is 0 Å². The van der Waals surface area contributed by atoms with Crippen molar-refractivity contribution >= 4 is 0 Å². The lowest BCUT2D eigenvalue weighted by molar-refractivity contribution is -0.402. The highest BCUT2D eigenvalue weighted by Crippen LogP contribution is 2.32. The van der Waals surface area contributed by atoms with Crippen LogP contribution in [0, 0.1) is 15.3 Å². The van der Waals surface area contributed by atoms with Crippen LogP contribution in [0.1, 0.15) is 16.7 Å². The van der Waals surface area contributed by atoms with Crippen molar-refractivity contribution < 1.29 is 15.2 Å². The van der Waals surface area contributed by atoms with E-state index in [1.807, 2.05) is 85.2 Å². The number of aliphatic hydroxyl groups is 1. The van der Waals surface area contributed by atoms with Gasteiger partial charge in [-0.25, -0.2) is 4.98 Å². The zero-order chi connectivity index (χ0) is 18.1. The lowest BCUT2D eigenvalue weighted by Crippen LogP contribution is -2.30. The second kappa shape index (κ2) is 8.56. The average molecular weight is 338 g/mol. The topological polar surface area (TPSA) is 101 Å². The SMILES string of the molecule is O=[N+]([O-])[O-].O[C@@](Cc1ccccc1)(c1ccccc1)c1cc[nH+]cc1. The highest BCUT2D eigenvalue weighted by Gasteiger charge is 2.32. The summed E-state index contributed by atoms with van der Waals surface area (Å²) in [6.45, 7) is 0. The minimum absolute atomic E-state index is 0.544. The second-order valence-corrected chi connectivity index (χ2v) is 5.40. The number of hydrogen-bond acceptors (Lipinski definition) is 4. The normalized spacial score (nSPS) is 12.4. The molecule has 0 aliphatic carbocycles. The molecule has 25 heavy (non-hydrogen) atoms. The first-order valence-corrected chi connectivity index (χ1v) is 7.62. The van der Waals surface area contributed by atoms with Gasteiger partial charge in [-0.3, -0.25) is 0 Å². The van der Waals surface area contributed by atoms with Crippen molar-refractivity contribution in [2.24, 2.45) is 0 Å². The van der Waals surface area contributed by atoms with Gasteiger partial charge in [-0.05, 0) is 11.1 Å². The molecule has 0 spiro atoms. The van der Waals surface area contributed by atoms with Gasteiger partial charge in [0.05, 0.1) is 5.09 Å². The second-order valence-electron chi connectivity index (χ2n) is 5.40. The number of pyridine rings is 1. The Morgan fingerprint density at radius 2 is 1.28 bits per heavy atom. The van der Waals surface area contributed by atoms with E-state index in [1.54, 1.807) is 0 Å². The molecule has 0 aliphatic rings. The summed E-state index contributed by atoms with van der Waals surface area (Å²) in [5.74, 6) is 0. The summed E-state index contributed by atoms with van der Waals surface area (Å²) in [5, 5.41) is 26.1. The number of rotatable bonds is 4. The number of aromatic amines is 1. The number of nitrogens with zero attached hydrogens (tertiary/aromatic N) is 1. The maximum Gasteiger partial charge on any atom is 0.167 e. The van der Waals surface area contributed by atoms with Gasteiger partial charge in [0.2, 0.25) is 0 Å². The molecule has 0 fully saturated rings. The Hall–Kier alpha value is -3.25. The Morgan fingerprint density at radius 1 is 0.840 bits per heavy atom. The predicted molar refractivity (Wildman–Crippen MR) is 92.9 cm³/mol. The van der Waals surface area contributed by atoms with E-state index in [0.29, 0.717) is 6.42 Å². The van der Waals surface area contributed by atoms with Crippen molar-refractivity contribution in [3.8, 4) is 0 Å². The number of benzene rings is 2. The molecule has 0 saturated carbocycles. The van der Waals surface area contributed by atoms with Gasteiger partial charge in [0.25, 0.3) is 0 Å². The van der Waals surface area contributed by atoms with Crippen molar-refractivity contribution in [2.45, 2.75) is 12.0 Å². The molecule has 1 aromatic heterocycles. The lowest BCUT2D eigenvalue weighted by Gasteiger charge is -2.29. The summed E-state index contributed by atoms with van der Waals surface area (Å²) >= 11 is 0. The molecule has 1 heterocycles. The molecule has 0 bridgehead atoms. The molecular formula is C19H18N2O4. The lowest BCUT2D eigenvalue weighted by atomic mass is 9.82. The summed E-state index contributed by atoms with van der Waals surface area (Å²) in [6, 6.07) is 23.8. The molecule has 2 N–H and O–H groups in total. The van der Waals surface area contributed by atoms with E-state index >= 15 is 0 Å². The van der Waals surface area contributed by atoms with Crippen LogP contribution in [-0.4, -0.2) is 10.2 Å². The Labute approximate surface area is 145 Å². The van der Waals surface area contributed by atoms with Crippen LogP contribution in [-0.2, 0) is 12.0 Å². The quantitative estimate of drug-likeness (QED) is 0.584. The third kappa shape index (κ3) is 5.12. The van der Waals surface area contributed by atoms with Crippen molar-refractivity contribution in [3.63, 3.8) is 0 Å². The number of aromatic nitrogens is 1. The first-order valence-electron chi connectivity index (χ1n) is 7.62. The monoisotopic (exact) mass is 338 g/mol. The zero-order valence-electron chi connectivity index (χ0n) is 13.4. The van der Waals surface area contributed by atoms with E-state index in [2.05, 4.69) is 4.98 Å². The van der Waals surface area contributed by atoms with E-state index in [1.165, 1.54) is 0 Å². The number of H-pyrrole nitrogens is 1. The molecule has 0 saturated heterocycles. The predicted octanol–water partition coefficient (Wildman–Crippen LogP) is 2.74. The van der Waals surface area contributed by atoms with Gasteiger partial charge in [-0.1, -0.05) is 60.7 Å². The van der Waals surface area contributed by atoms with Crippen LogP contribution in [0.2, 0.25) is 0 Å². The van der Waals surface area contributed by atoms with Crippen LogP contribution in [0.4, 0.5) is 0 Å². The smallest absolute Gasteiger partial charge is 0.167 e. The number of nitrogens with one attached hydrogen (secondary N) is 1. The highest BCUT2D eigenvalue weighted by atomic mass is 16.9. The zero-order valence-corrected chi connectivity index (χ0v) is 13.4. The van der Waals surface area contributed by atoms with Gasteiger partial charge in [-0.2, -0.15) is 0 Å². The molecule has 0 unspecified atom stereocenters. The fourth-order valence-corrected chi connectivity index (χ4v) is 2.64. The minimum Gasteiger partial charge on any atom is -0.380 e. The fraction of sp³-hybridized carbons (Fsp3) is 0.105. The molecule has 1 atom stereocenters. The third-order valence-corrected chi connectivity index (χ3v) is 3.75. The highest BCUT2D eigenvalue weighted by molar-refractivity contribution is 5.37. The molecular weight excluding hydrogens is 320 g/mol. The molecule has 0 amide bonds. The van der Waals surface area contributed by atoms with Gasteiger partial charge in [0.1, 0.15) is 5.60 Å². The Morgan fingerprint density at radius 3 is 1.80 bits per heavy atom. The van der Waals surface area contributed by atoms with Gasteiger partial charge < -0.3 is 20.4 Å². The van der Waals surface area contributed by atoms with Crippen LogP contribution in [0.15, 0.2) is 85.2 Å². The van der Waals surface area contributed by atoms with Gasteiger partial charge >= 0.3 is 0 Å². The van der Waals surface area contributed by atoms with Gasteiger partial charge in [-0.15, -0.1) is 0 Å². The molecule has 128 valence electrons. The molecule has 0 radical (unpaired) electrons. The van der Waals surface area contributed by atoms with Crippen molar-refractivity contribution in [1.29, 1.82) is 0 Å². The summed E-state index contributed by atoms with van der Waals surface area (Å²) < 4.78 is 0. The van der Waals surface area contributed by atoms with Crippen LogP contribution in [0.3, 0.4) is 0 Å². The molecule has 0 aliphatic heterocycles. The maximum atomic E-state index is 11.4. The maximum absolute atomic E-state index is 11.4. The molecule has 3 rings (SSSR count). The third-order valence-electron chi connectivity index (χ3n) is 3.75. The Bertz CT molecular complexity index is 737. The van der Waals surface area contributed by atoms with Crippen molar-refractivity contribution in [1.82, 2.24) is 0 Å². The van der Waals surface area contributed by atoms with Crippen LogP contribution in [0.25, 0.3) is 0 Å².